The zero-order valence-electron chi connectivity index (χ0n) is 20.1. The molecule has 4 aromatic rings. The van der Waals surface area contributed by atoms with Gasteiger partial charge in [0.1, 0.15) is 0 Å². The topological polar surface area (TPSA) is 52.6 Å². The molecule has 4 aromatic carbocycles. The molecule has 1 heterocycles. The van der Waals surface area contributed by atoms with Gasteiger partial charge >= 0.3 is 215 Å². The van der Waals surface area contributed by atoms with Gasteiger partial charge in [-0.3, -0.25) is 0 Å². The average Bonchev–Trinajstić information content (AvgIpc) is 3.38. The first-order valence-corrected chi connectivity index (χ1v) is 15.4. The molecule has 4 nitrogen and oxygen atoms in total. The van der Waals surface area contributed by atoms with Crippen molar-refractivity contribution in [2.24, 2.45) is 0 Å². The molecule has 0 N–H and O–H groups in total. The van der Waals surface area contributed by atoms with E-state index in [0.29, 0.717) is 0 Å². The molecule has 5 heteroatoms. The summed E-state index contributed by atoms with van der Waals surface area (Å²) in [6, 6.07) is 29.5. The first-order valence-electron chi connectivity index (χ1n) is 12.3. The fourth-order valence-corrected chi connectivity index (χ4v) is 14.1. The summed E-state index contributed by atoms with van der Waals surface area (Å²) in [7, 11) is 0. The first-order chi connectivity index (χ1) is 17.5. The molecule has 0 amide bonds. The standard InChI is InChI=1S/C27H18.2C2H4O2.Ti/c1-3-11-22-20(7-1)16-26-18(9-5-13-24(22)26)15-19-10-6-14-25-23-12-4-2-8-21(23)17-27(19)25;2*1-2(3)4;/h1-14,16-17H,15H2;2*1H3,(H,3,4);/q;;;+2/p-2. The van der Waals surface area contributed by atoms with Crippen LogP contribution in [0.15, 0.2) is 84.9 Å². The van der Waals surface area contributed by atoms with Gasteiger partial charge in [0.15, 0.2) is 0 Å². The Hall–Kier alpha value is -3.47. The molecule has 0 fully saturated rings. The van der Waals surface area contributed by atoms with E-state index in [1.807, 2.05) is 24.3 Å². The monoisotopic (exact) mass is 508 g/mol. The first kappa shape index (κ1) is 21.8. The zero-order chi connectivity index (χ0) is 24.6. The van der Waals surface area contributed by atoms with Crippen molar-refractivity contribution in [1.82, 2.24) is 0 Å². The van der Waals surface area contributed by atoms with E-state index in [0.717, 1.165) is 50.9 Å². The molecule has 1 aliphatic heterocycles. The van der Waals surface area contributed by atoms with Gasteiger partial charge in [-0.1, -0.05) is 0 Å². The second-order valence-electron chi connectivity index (χ2n) is 9.88. The van der Waals surface area contributed by atoms with Crippen molar-refractivity contribution < 1.29 is 33.6 Å². The number of rotatable bonds is 2. The minimum atomic E-state index is -4.51. The van der Waals surface area contributed by atoms with Crippen molar-refractivity contribution in [3.05, 3.63) is 118 Å². The number of fused-ring (bicyclic) bond motifs is 6. The third-order valence-corrected chi connectivity index (χ3v) is 14.2. The van der Waals surface area contributed by atoms with Gasteiger partial charge in [-0.05, 0) is 0 Å². The minimum absolute atomic E-state index is 0.280. The molecular weight excluding hydrogens is 484 g/mol. The fraction of sp³-hybridized carbons (Fsp3) is 0.161. The Kier molecular flexibility index (Phi) is 4.70. The predicted octanol–water partition coefficient (Wildman–Crippen LogP) is 6.54. The molecule has 2 aliphatic carbocycles. The van der Waals surface area contributed by atoms with Crippen LogP contribution in [0.25, 0.3) is 22.3 Å². The Balaban J connectivity index is 1.67. The number of carbonyl (C=O) groups is 2. The summed E-state index contributed by atoms with van der Waals surface area (Å²) in [6.45, 7) is 2.88. The van der Waals surface area contributed by atoms with Crippen LogP contribution < -0.4 is 0 Å². The van der Waals surface area contributed by atoms with E-state index in [1.54, 1.807) is 0 Å². The van der Waals surface area contributed by atoms with Crippen LogP contribution in [0.5, 0.6) is 0 Å². The maximum absolute atomic E-state index is 12.9. The van der Waals surface area contributed by atoms with E-state index in [4.69, 9.17) is 6.64 Å². The molecule has 2 atom stereocenters. The number of hydrogen-bond donors (Lipinski definition) is 0. The molecule has 3 aliphatic rings. The zero-order valence-corrected chi connectivity index (χ0v) is 21.6. The number of carbonyl (C=O) groups excluding carboxylic acids is 2. The summed E-state index contributed by atoms with van der Waals surface area (Å²) < 4.78 is 12.5. The van der Waals surface area contributed by atoms with Crippen LogP contribution in [0.1, 0.15) is 55.7 Å². The van der Waals surface area contributed by atoms with E-state index in [2.05, 4.69) is 60.7 Å². The van der Waals surface area contributed by atoms with Crippen LogP contribution in [-0.2, 0) is 40.0 Å². The summed E-state index contributed by atoms with van der Waals surface area (Å²) >= 11 is -4.51. The summed E-state index contributed by atoms with van der Waals surface area (Å²) in [5.74, 6) is -0.799. The van der Waals surface area contributed by atoms with Gasteiger partial charge in [-0.25, -0.2) is 0 Å². The fourth-order valence-electron chi connectivity index (χ4n) is 6.90. The molecule has 36 heavy (non-hydrogen) atoms. The van der Waals surface area contributed by atoms with E-state index >= 15 is 0 Å². The van der Waals surface area contributed by atoms with Crippen LogP contribution in [-0.4, -0.2) is 11.9 Å². The van der Waals surface area contributed by atoms with Crippen molar-refractivity contribution in [2.45, 2.75) is 28.7 Å². The van der Waals surface area contributed by atoms with Crippen LogP contribution in [0.2, 0.25) is 0 Å². The molecule has 176 valence electrons. The summed E-state index contributed by atoms with van der Waals surface area (Å²) in [5.41, 5.74) is 11.4. The van der Waals surface area contributed by atoms with Crippen LogP contribution in [0.4, 0.5) is 0 Å². The molecule has 0 aromatic heterocycles. The van der Waals surface area contributed by atoms with Gasteiger partial charge in [0.2, 0.25) is 0 Å². The molecule has 0 radical (unpaired) electrons. The van der Waals surface area contributed by atoms with Crippen molar-refractivity contribution in [3.63, 3.8) is 0 Å². The predicted molar refractivity (Wildman–Crippen MR) is 134 cm³/mol. The summed E-state index contributed by atoms with van der Waals surface area (Å²) in [6.07, 6.45) is 0.778. The Bertz CT molecular complexity index is 1490. The van der Waals surface area contributed by atoms with E-state index < -0.39 is 29.3 Å². The third-order valence-electron chi connectivity index (χ3n) is 7.89. The van der Waals surface area contributed by atoms with Crippen LogP contribution >= 0.6 is 0 Å². The summed E-state index contributed by atoms with van der Waals surface area (Å²) in [4.78, 5) is 25.9. The Labute approximate surface area is 214 Å². The van der Waals surface area contributed by atoms with Crippen molar-refractivity contribution in [2.75, 3.05) is 0 Å². The van der Waals surface area contributed by atoms with Gasteiger partial charge in [0, 0.05) is 0 Å². The molecule has 0 saturated heterocycles. The molecule has 7 rings (SSSR count). The quantitative estimate of drug-likeness (QED) is 0.289. The third kappa shape index (κ3) is 2.86. The molecular formula is C31H24O4Ti. The SMILES string of the molecule is CC(=O)[O][Ti]1([O]C(C)=O)[CH]2c3ccccc3-c3cccc(c32)Cc2cccc3c2[CH]1c1ccccc1-3. The van der Waals surface area contributed by atoms with E-state index in [9.17, 15) is 9.59 Å². The van der Waals surface area contributed by atoms with Crippen molar-refractivity contribution in [3.8, 4) is 22.3 Å². The van der Waals surface area contributed by atoms with Crippen molar-refractivity contribution >= 4 is 11.9 Å². The number of hydrogen-bond acceptors (Lipinski definition) is 4. The molecule has 0 bridgehead atoms. The van der Waals surface area contributed by atoms with Gasteiger partial charge in [0.05, 0.1) is 0 Å². The van der Waals surface area contributed by atoms with Crippen molar-refractivity contribution in [1.29, 1.82) is 0 Å². The normalized spacial score (nSPS) is 19.2. The van der Waals surface area contributed by atoms with Gasteiger partial charge in [-0.15, -0.1) is 0 Å². The molecule has 0 spiro atoms. The Morgan fingerprint density at radius 2 is 1.03 bits per heavy atom. The van der Waals surface area contributed by atoms with Gasteiger partial charge in [-0.2, -0.15) is 0 Å². The van der Waals surface area contributed by atoms with Crippen LogP contribution in [0.3, 0.4) is 0 Å². The summed E-state index contributed by atoms with van der Waals surface area (Å²) in [5, 5.41) is 0. The molecule has 0 saturated carbocycles. The van der Waals surface area contributed by atoms with E-state index in [1.165, 1.54) is 25.0 Å². The van der Waals surface area contributed by atoms with Gasteiger partial charge < -0.3 is 0 Å². The van der Waals surface area contributed by atoms with E-state index in [-0.39, 0.29) is 8.45 Å². The van der Waals surface area contributed by atoms with Crippen LogP contribution in [0, 0.1) is 0 Å². The number of benzene rings is 4. The van der Waals surface area contributed by atoms with Gasteiger partial charge in [0.25, 0.3) is 0 Å². The Morgan fingerprint density at radius 1 is 0.611 bits per heavy atom. The second-order valence-corrected chi connectivity index (χ2v) is 14.6. The maximum atomic E-state index is 12.9. The second kappa shape index (κ2) is 7.76. The average molecular weight is 508 g/mol. The molecule has 2 unspecified atom stereocenters. The Morgan fingerprint density at radius 3 is 1.47 bits per heavy atom.